The molecule has 0 spiro atoms. The molecule has 1 aliphatic carbocycles. The van der Waals surface area contributed by atoms with Gasteiger partial charge in [0.1, 0.15) is 36.0 Å². The Morgan fingerprint density at radius 3 is 2.66 bits per heavy atom. The highest BCUT2D eigenvalue weighted by Gasteiger charge is 2.46. The van der Waals surface area contributed by atoms with Gasteiger partial charge in [-0.3, -0.25) is 9.47 Å². The third kappa shape index (κ3) is 5.31. The van der Waals surface area contributed by atoms with Gasteiger partial charge < -0.3 is 25.7 Å². The van der Waals surface area contributed by atoms with Crippen molar-refractivity contribution in [2.24, 2.45) is 5.92 Å². The number of hydrogen-bond acceptors (Lipinski definition) is 9. The second kappa shape index (κ2) is 10.6. The lowest BCUT2D eigenvalue weighted by atomic mass is 9.76. The highest BCUT2D eigenvalue weighted by molar-refractivity contribution is 5.81. The van der Waals surface area contributed by atoms with Crippen LogP contribution in [0.5, 0.6) is 0 Å². The summed E-state index contributed by atoms with van der Waals surface area (Å²) in [5.74, 6) is 1.95. The van der Waals surface area contributed by atoms with Crippen molar-refractivity contribution >= 4 is 28.0 Å². The van der Waals surface area contributed by atoms with Gasteiger partial charge in [-0.1, -0.05) is 26.8 Å². The minimum absolute atomic E-state index is 0.104. The van der Waals surface area contributed by atoms with Gasteiger partial charge in [0.15, 0.2) is 17.7 Å². The number of nitrogens with two attached hydrogens (primary N) is 1. The first-order valence-electron chi connectivity index (χ1n) is 14.7. The van der Waals surface area contributed by atoms with E-state index in [2.05, 4.69) is 77.7 Å². The highest BCUT2D eigenvalue weighted by Crippen LogP contribution is 2.38. The number of nitrogens with zero attached hydrogens (tertiary/aromatic N) is 6. The fraction of sp³-hybridized carbons (Fsp3) is 0.600. The number of aryl methyl sites for hydroxylation is 1. The van der Waals surface area contributed by atoms with E-state index in [0.29, 0.717) is 29.7 Å². The normalized spacial score (nSPS) is 27.0. The summed E-state index contributed by atoms with van der Waals surface area (Å²) in [6.45, 7) is 11.6. The van der Waals surface area contributed by atoms with E-state index in [9.17, 15) is 10.2 Å². The van der Waals surface area contributed by atoms with Crippen molar-refractivity contribution in [3.8, 4) is 0 Å². The Labute approximate surface area is 240 Å². The summed E-state index contributed by atoms with van der Waals surface area (Å²) in [7, 11) is 0. The van der Waals surface area contributed by atoms with Gasteiger partial charge in [0, 0.05) is 25.0 Å². The zero-order valence-electron chi connectivity index (χ0n) is 24.5. The lowest BCUT2D eigenvalue weighted by molar-refractivity contribution is -0.0620. The number of H-pyrrole nitrogens is 1. The van der Waals surface area contributed by atoms with Gasteiger partial charge in [0.05, 0.1) is 17.4 Å². The molecule has 4 aromatic rings. The predicted octanol–water partition coefficient (Wildman–Crippen LogP) is 3.32. The summed E-state index contributed by atoms with van der Waals surface area (Å²) >= 11 is 0. The average molecular weight is 563 g/mol. The molecular weight excluding hydrogens is 520 g/mol. The van der Waals surface area contributed by atoms with Crippen LogP contribution >= 0.6 is 0 Å². The Morgan fingerprint density at radius 2 is 1.93 bits per heavy atom. The van der Waals surface area contributed by atoms with Gasteiger partial charge in [-0.05, 0) is 62.1 Å². The van der Waals surface area contributed by atoms with Crippen LogP contribution in [0.4, 0.5) is 5.82 Å². The molecule has 1 saturated carbocycles. The number of nitrogens with one attached hydrogen (secondary N) is 1. The summed E-state index contributed by atoms with van der Waals surface area (Å²) in [5, 5.41) is 21.8. The highest BCUT2D eigenvalue weighted by atomic mass is 16.6. The molecule has 1 saturated heterocycles. The smallest absolute Gasteiger partial charge is 0.167 e. The molecule has 1 unspecified atom stereocenters. The Hall–Kier alpha value is -3.12. The molecular formula is C30H42N8O3. The van der Waals surface area contributed by atoms with E-state index in [1.807, 2.05) is 0 Å². The van der Waals surface area contributed by atoms with Crippen molar-refractivity contribution in [1.82, 2.24) is 34.4 Å². The number of aliphatic hydroxyl groups is 2. The van der Waals surface area contributed by atoms with E-state index >= 15 is 0 Å². The van der Waals surface area contributed by atoms with Crippen LogP contribution < -0.4 is 5.73 Å². The van der Waals surface area contributed by atoms with Crippen LogP contribution in [0.3, 0.4) is 0 Å². The minimum Gasteiger partial charge on any atom is -0.387 e. The molecule has 0 amide bonds. The van der Waals surface area contributed by atoms with Crippen molar-refractivity contribution in [3.05, 3.63) is 42.2 Å². The molecule has 11 nitrogen and oxygen atoms in total. The van der Waals surface area contributed by atoms with Crippen molar-refractivity contribution in [3.63, 3.8) is 0 Å². The fourth-order valence-electron chi connectivity index (χ4n) is 6.35. The second-order valence-corrected chi connectivity index (χ2v) is 13.1. The number of anilines is 1. The summed E-state index contributed by atoms with van der Waals surface area (Å²) in [4.78, 5) is 23.3. The number of nitrogen functional groups attached to an aromatic ring is 1. The first kappa shape index (κ1) is 28.0. The van der Waals surface area contributed by atoms with Gasteiger partial charge in [0.2, 0.25) is 0 Å². The molecule has 0 bridgehead atoms. The van der Waals surface area contributed by atoms with E-state index in [-0.39, 0.29) is 17.3 Å². The van der Waals surface area contributed by atoms with E-state index in [4.69, 9.17) is 15.5 Å². The molecule has 0 radical (unpaired) electrons. The van der Waals surface area contributed by atoms with Crippen LogP contribution in [0.25, 0.3) is 22.2 Å². The SMILES string of the molecule is CC(C)N(C[C@H]1O[C@@H](n2cnc3c(N)ncnc32)C(O)[C@@H]1O)[C@H]1C[C@H](CCc2nc3cc(C(C)(C)C)ccc3[nH]2)C1. The molecule has 1 aliphatic heterocycles. The Bertz CT molecular complexity index is 1520. The van der Waals surface area contributed by atoms with Crippen LogP contribution in [0, 0.1) is 5.92 Å². The van der Waals surface area contributed by atoms with Crippen LogP contribution in [-0.2, 0) is 16.6 Å². The maximum atomic E-state index is 10.9. The topological polar surface area (TPSA) is 151 Å². The summed E-state index contributed by atoms with van der Waals surface area (Å²) in [5.41, 5.74) is 10.4. The van der Waals surface area contributed by atoms with Gasteiger partial charge >= 0.3 is 0 Å². The number of ether oxygens (including phenoxy) is 1. The van der Waals surface area contributed by atoms with Crippen LogP contribution in [0.15, 0.2) is 30.9 Å². The average Bonchev–Trinajstić information content (AvgIpc) is 3.58. The van der Waals surface area contributed by atoms with Crippen LogP contribution in [-0.4, -0.2) is 81.5 Å². The van der Waals surface area contributed by atoms with Gasteiger partial charge in [0.25, 0.3) is 0 Å². The zero-order chi connectivity index (χ0) is 29.1. The summed E-state index contributed by atoms with van der Waals surface area (Å²) < 4.78 is 7.86. The first-order chi connectivity index (χ1) is 19.5. The summed E-state index contributed by atoms with van der Waals surface area (Å²) in [6, 6.07) is 7.23. The number of aliphatic hydroxyl groups excluding tert-OH is 2. The van der Waals surface area contributed by atoms with Gasteiger partial charge in [-0.15, -0.1) is 0 Å². The lowest BCUT2D eigenvalue weighted by Crippen LogP contribution is -2.52. The van der Waals surface area contributed by atoms with Crippen LogP contribution in [0.2, 0.25) is 0 Å². The zero-order valence-corrected chi connectivity index (χ0v) is 24.5. The number of aromatic amines is 1. The van der Waals surface area contributed by atoms with Crippen molar-refractivity contribution in [2.75, 3.05) is 12.3 Å². The maximum Gasteiger partial charge on any atom is 0.167 e. The van der Waals surface area contributed by atoms with E-state index < -0.39 is 24.5 Å². The second-order valence-electron chi connectivity index (χ2n) is 13.1. The van der Waals surface area contributed by atoms with E-state index in [1.165, 1.54) is 18.2 Å². The predicted molar refractivity (Wildman–Crippen MR) is 157 cm³/mol. The molecule has 3 aromatic heterocycles. The monoisotopic (exact) mass is 562 g/mol. The number of imidazole rings is 2. The van der Waals surface area contributed by atoms with Crippen molar-refractivity contribution in [2.45, 2.75) is 102 Å². The molecule has 1 aromatic carbocycles. The van der Waals surface area contributed by atoms with Crippen LogP contribution in [0.1, 0.15) is 71.5 Å². The molecule has 2 fully saturated rings. The Balaban J connectivity index is 1.06. The number of hydrogen-bond donors (Lipinski definition) is 4. The molecule has 4 atom stereocenters. The third-order valence-electron chi connectivity index (χ3n) is 8.92. The molecule has 5 N–H and O–H groups in total. The van der Waals surface area contributed by atoms with Crippen molar-refractivity contribution in [1.29, 1.82) is 0 Å². The fourth-order valence-corrected chi connectivity index (χ4v) is 6.35. The first-order valence-corrected chi connectivity index (χ1v) is 14.7. The molecule has 2 aliphatic rings. The van der Waals surface area contributed by atoms with Crippen molar-refractivity contribution < 1.29 is 14.9 Å². The lowest BCUT2D eigenvalue weighted by Gasteiger charge is -2.46. The number of aromatic nitrogens is 6. The number of fused-ring (bicyclic) bond motifs is 2. The molecule has 41 heavy (non-hydrogen) atoms. The number of rotatable bonds is 8. The molecule has 6 rings (SSSR count). The quantitative estimate of drug-likeness (QED) is 0.253. The Kier molecular flexibility index (Phi) is 7.25. The number of benzene rings is 1. The largest absolute Gasteiger partial charge is 0.387 e. The van der Waals surface area contributed by atoms with Gasteiger partial charge in [-0.2, -0.15) is 0 Å². The third-order valence-corrected chi connectivity index (χ3v) is 8.92. The molecule has 220 valence electrons. The molecule has 4 heterocycles. The summed E-state index contributed by atoms with van der Waals surface area (Å²) in [6.07, 6.45) is 3.63. The maximum absolute atomic E-state index is 10.9. The standard InChI is InChI=1S/C30H42N8O3/c1-16(2)37(13-22-25(39)26(40)29(41-22)38-15-34-24-27(31)32-14-33-28(24)38)19-10-17(11-19)6-9-23-35-20-8-7-18(30(3,4)5)12-21(20)36-23/h7-8,12,14-17,19,22,25-26,29,39-40H,6,9-11,13H2,1-5H3,(H,35,36)(H2,31,32,33)/t17-,19-,22-,25-,26?,29-/m1/s1. The minimum atomic E-state index is -1.11. The molecule has 11 heteroatoms. The van der Waals surface area contributed by atoms with E-state index in [0.717, 1.165) is 42.5 Å². The van der Waals surface area contributed by atoms with Gasteiger partial charge in [-0.25, -0.2) is 19.9 Å². The Morgan fingerprint density at radius 1 is 1.15 bits per heavy atom. The van der Waals surface area contributed by atoms with E-state index in [1.54, 1.807) is 4.57 Å².